The van der Waals surface area contributed by atoms with Gasteiger partial charge in [-0.2, -0.15) is 11.8 Å². The number of hydrogen-bond acceptors (Lipinski definition) is 3. The minimum absolute atomic E-state index is 1.11. The number of alkyl halides is 1. The molecule has 2 nitrogen and oxygen atoms in total. The van der Waals surface area contributed by atoms with Crippen molar-refractivity contribution in [2.24, 2.45) is 0 Å². The molecular formula is C11H23BrN2S. The summed E-state index contributed by atoms with van der Waals surface area (Å²) in [5.74, 6) is 2.59. The average Bonchev–Trinajstić information content (AvgIpc) is 2.27. The van der Waals surface area contributed by atoms with Crippen molar-refractivity contribution in [2.45, 2.75) is 13.3 Å². The van der Waals surface area contributed by atoms with Crippen LogP contribution in [-0.4, -0.2) is 65.9 Å². The minimum atomic E-state index is 1.11. The molecule has 1 fully saturated rings. The van der Waals surface area contributed by atoms with E-state index < -0.39 is 0 Å². The predicted octanol–water partition coefficient (Wildman–Crippen LogP) is 2.14. The third-order valence-corrected chi connectivity index (χ3v) is 4.17. The van der Waals surface area contributed by atoms with Crippen molar-refractivity contribution >= 4 is 27.7 Å². The van der Waals surface area contributed by atoms with Gasteiger partial charge in [0.1, 0.15) is 0 Å². The van der Waals surface area contributed by atoms with Gasteiger partial charge >= 0.3 is 0 Å². The van der Waals surface area contributed by atoms with Gasteiger partial charge in [0.15, 0.2) is 0 Å². The third-order valence-electron chi connectivity index (χ3n) is 2.83. The summed E-state index contributed by atoms with van der Waals surface area (Å²) in [6.07, 6.45) is 1.36. The van der Waals surface area contributed by atoms with Crippen molar-refractivity contribution in [3.8, 4) is 0 Å². The third kappa shape index (κ3) is 6.15. The van der Waals surface area contributed by atoms with E-state index in [1.165, 1.54) is 57.2 Å². The van der Waals surface area contributed by atoms with Crippen LogP contribution in [-0.2, 0) is 0 Å². The van der Waals surface area contributed by atoms with Crippen LogP contribution in [0.5, 0.6) is 0 Å². The van der Waals surface area contributed by atoms with Crippen molar-refractivity contribution in [1.82, 2.24) is 9.80 Å². The Bertz CT molecular complexity index is 147. The molecule has 1 heterocycles. The molecule has 0 radical (unpaired) electrons. The first kappa shape index (κ1) is 13.8. The molecule has 0 amide bonds. The molecule has 0 aromatic heterocycles. The van der Waals surface area contributed by atoms with E-state index in [2.05, 4.69) is 44.4 Å². The lowest BCUT2D eigenvalue weighted by atomic mass is 10.3. The van der Waals surface area contributed by atoms with Crippen LogP contribution in [0.4, 0.5) is 0 Å². The van der Waals surface area contributed by atoms with Crippen LogP contribution in [0.25, 0.3) is 0 Å². The first-order chi connectivity index (χ1) is 7.36. The number of nitrogens with zero attached hydrogens (tertiary/aromatic N) is 2. The second-order valence-corrected chi connectivity index (χ2v) is 6.11. The Hall–Kier alpha value is 0.750. The lowest BCUT2D eigenvalue weighted by molar-refractivity contribution is 0.139. The second-order valence-electron chi connectivity index (χ2n) is 3.92. The van der Waals surface area contributed by atoms with E-state index in [1.807, 2.05) is 0 Å². The van der Waals surface area contributed by atoms with Crippen LogP contribution in [0.3, 0.4) is 0 Å². The van der Waals surface area contributed by atoms with Gasteiger partial charge in [-0.05, 0) is 24.5 Å². The maximum Gasteiger partial charge on any atom is 0.0159 e. The largest absolute Gasteiger partial charge is 0.301 e. The highest BCUT2D eigenvalue weighted by Gasteiger charge is 2.15. The number of rotatable bonds is 7. The summed E-state index contributed by atoms with van der Waals surface area (Å²) >= 11 is 5.56. The number of piperazine rings is 1. The number of hydrogen-bond donors (Lipinski definition) is 0. The van der Waals surface area contributed by atoms with E-state index in [4.69, 9.17) is 0 Å². The van der Waals surface area contributed by atoms with E-state index in [-0.39, 0.29) is 0 Å². The summed E-state index contributed by atoms with van der Waals surface area (Å²) in [4.78, 5) is 5.16. The maximum atomic E-state index is 3.50. The number of thioether (sulfide) groups is 1. The molecule has 0 aliphatic carbocycles. The Kier molecular flexibility index (Phi) is 8.15. The Balaban J connectivity index is 1.99. The van der Waals surface area contributed by atoms with Gasteiger partial charge in [0.2, 0.25) is 0 Å². The Morgan fingerprint density at radius 2 is 1.67 bits per heavy atom. The summed E-state index contributed by atoms with van der Waals surface area (Å²) in [6, 6.07) is 0. The molecule has 0 bridgehead atoms. The lowest BCUT2D eigenvalue weighted by Crippen LogP contribution is -2.47. The molecule has 0 unspecified atom stereocenters. The summed E-state index contributed by atoms with van der Waals surface area (Å²) in [7, 11) is 0. The van der Waals surface area contributed by atoms with Crippen LogP contribution in [0.1, 0.15) is 13.3 Å². The Morgan fingerprint density at radius 3 is 2.20 bits per heavy atom. The highest BCUT2D eigenvalue weighted by molar-refractivity contribution is 9.09. The van der Waals surface area contributed by atoms with Crippen LogP contribution in [0.2, 0.25) is 0 Å². The molecule has 15 heavy (non-hydrogen) atoms. The molecule has 1 rings (SSSR count). The van der Waals surface area contributed by atoms with Gasteiger partial charge in [-0.3, -0.25) is 4.90 Å². The topological polar surface area (TPSA) is 6.48 Å². The molecule has 0 saturated carbocycles. The fourth-order valence-corrected chi connectivity index (χ4v) is 3.01. The van der Waals surface area contributed by atoms with Crippen molar-refractivity contribution in [1.29, 1.82) is 0 Å². The molecule has 0 aromatic rings. The Labute approximate surface area is 107 Å². The molecular weight excluding hydrogens is 272 g/mol. The van der Waals surface area contributed by atoms with Crippen molar-refractivity contribution in [3.63, 3.8) is 0 Å². The van der Waals surface area contributed by atoms with Gasteiger partial charge in [-0.15, -0.1) is 0 Å². The van der Waals surface area contributed by atoms with E-state index >= 15 is 0 Å². The fraction of sp³-hybridized carbons (Fsp3) is 1.00. The molecule has 1 saturated heterocycles. The van der Waals surface area contributed by atoms with Gasteiger partial charge in [0, 0.05) is 38.1 Å². The SMILES string of the molecule is CCSCCCN1CCN(CCBr)CC1. The predicted molar refractivity (Wildman–Crippen MR) is 74.3 cm³/mol. The van der Waals surface area contributed by atoms with Gasteiger partial charge in [0.25, 0.3) is 0 Å². The molecule has 0 aromatic carbocycles. The highest BCUT2D eigenvalue weighted by atomic mass is 79.9. The molecule has 0 N–H and O–H groups in total. The van der Waals surface area contributed by atoms with Gasteiger partial charge in [-0.25, -0.2) is 0 Å². The zero-order valence-corrected chi connectivity index (χ0v) is 12.2. The zero-order chi connectivity index (χ0) is 10.9. The van der Waals surface area contributed by atoms with Gasteiger partial charge in [-0.1, -0.05) is 22.9 Å². The summed E-state index contributed by atoms with van der Waals surface area (Å²) in [6.45, 7) is 9.80. The normalized spacial score (nSPS) is 19.6. The first-order valence-corrected chi connectivity index (χ1v) is 8.23. The standard InChI is InChI=1S/C11H23BrN2S/c1-2-15-11-3-5-13-7-9-14(6-4-12)10-8-13/h2-11H2,1H3. The molecule has 4 heteroatoms. The quantitative estimate of drug-likeness (QED) is 0.525. The second kappa shape index (κ2) is 8.85. The van der Waals surface area contributed by atoms with Crippen LogP contribution < -0.4 is 0 Å². The summed E-state index contributed by atoms with van der Waals surface area (Å²) in [5.41, 5.74) is 0. The maximum absolute atomic E-state index is 3.50. The zero-order valence-electron chi connectivity index (χ0n) is 9.75. The van der Waals surface area contributed by atoms with E-state index in [1.54, 1.807) is 0 Å². The first-order valence-electron chi connectivity index (χ1n) is 5.95. The van der Waals surface area contributed by atoms with Crippen molar-refractivity contribution < 1.29 is 0 Å². The lowest BCUT2D eigenvalue weighted by Gasteiger charge is -2.34. The van der Waals surface area contributed by atoms with Crippen LogP contribution in [0.15, 0.2) is 0 Å². The van der Waals surface area contributed by atoms with Gasteiger partial charge in [0.05, 0.1) is 0 Å². The van der Waals surface area contributed by atoms with Crippen LogP contribution >= 0.6 is 27.7 Å². The Morgan fingerprint density at radius 1 is 1.07 bits per heavy atom. The van der Waals surface area contributed by atoms with Gasteiger partial charge < -0.3 is 4.90 Å². The summed E-state index contributed by atoms with van der Waals surface area (Å²) < 4.78 is 0. The fourth-order valence-electron chi connectivity index (χ4n) is 1.89. The monoisotopic (exact) mass is 294 g/mol. The molecule has 90 valence electrons. The van der Waals surface area contributed by atoms with E-state index in [0.717, 1.165) is 5.33 Å². The van der Waals surface area contributed by atoms with E-state index in [9.17, 15) is 0 Å². The highest BCUT2D eigenvalue weighted by Crippen LogP contribution is 2.06. The molecule has 1 aliphatic heterocycles. The molecule has 1 aliphatic rings. The molecule has 0 atom stereocenters. The van der Waals surface area contributed by atoms with E-state index in [0.29, 0.717) is 0 Å². The van der Waals surface area contributed by atoms with Crippen molar-refractivity contribution in [2.75, 3.05) is 56.1 Å². The number of halogens is 1. The van der Waals surface area contributed by atoms with Crippen molar-refractivity contribution in [3.05, 3.63) is 0 Å². The molecule has 0 spiro atoms. The average molecular weight is 295 g/mol. The smallest absolute Gasteiger partial charge is 0.0159 e. The van der Waals surface area contributed by atoms with Crippen LogP contribution in [0, 0.1) is 0 Å². The minimum Gasteiger partial charge on any atom is -0.301 e. The summed E-state index contributed by atoms with van der Waals surface area (Å²) in [5, 5.41) is 1.11.